The van der Waals surface area contributed by atoms with E-state index < -0.39 is 41.8 Å². The molecule has 126 valence electrons. The van der Waals surface area contributed by atoms with Gasteiger partial charge in [0.15, 0.2) is 17.4 Å². The topological polar surface area (TPSA) is 26.3 Å². The van der Waals surface area contributed by atoms with Gasteiger partial charge in [-0.1, -0.05) is 0 Å². The van der Waals surface area contributed by atoms with E-state index in [4.69, 9.17) is 10.2 Å². The molecule has 23 heavy (non-hydrogen) atoms. The lowest BCUT2D eigenvalue weighted by Gasteiger charge is -2.35. The van der Waals surface area contributed by atoms with Crippen LogP contribution in [0.1, 0.15) is 68.2 Å². The summed E-state index contributed by atoms with van der Waals surface area (Å²) in [6.07, 6.45) is -1.65. The van der Waals surface area contributed by atoms with Crippen molar-refractivity contribution >= 4 is 5.78 Å². The molecule has 1 aromatic carbocycles. The number of ether oxygens (including phenoxy) is 1. The van der Waals surface area contributed by atoms with Crippen molar-refractivity contribution in [3.05, 3.63) is 29.3 Å². The van der Waals surface area contributed by atoms with Gasteiger partial charge in [-0.3, -0.25) is 4.79 Å². The molecule has 0 saturated heterocycles. The predicted molar refractivity (Wildman–Crippen MR) is 84.6 cm³/mol. The van der Waals surface area contributed by atoms with Gasteiger partial charge in [0.25, 0.3) is 0 Å². The van der Waals surface area contributed by atoms with E-state index >= 15 is 0 Å². The highest BCUT2D eigenvalue weighted by Crippen LogP contribution is 2.43. The summed E-state index contributed by atoms with van der Waals surface area (Å²) in [5, 5.41) is 0. The fourth-order valence-electron chi connectivity index (χ4n) is 3.81. The van der Waals surface area contributed by atoms with Crippen molar-refractivity contribution in [1.29, 1.82) is 0 Å². The maximum Gasteiger partial charge on any atom is 0.190 e. The first-order valence-electron chi connectivity index (χ1n) is 10.2. The average molecular weight is 326 g/mol. The second kappa shape index (κ2) is 6.98. The maximum absolute atomic E-state index is 14.0. The Hall–Kier alpha value is -1.45. The molecule has 4 heteroatoms. The number of carbonyl (C=O) groups excluding carboxylic acids is 1. The summed E-state index contributed by atoms with van der Waals surface area (Å²) in [5.74, 6) is -3.10. The molecular weight excluding hydrogens is 298 g/mol. The Kier molecular flexibility index (Phi) is 3.64. The minimum atomic E-state index is -2.46. The molecular formula is C19H24F2O2. The van der Waals surface area contributed by atoms with Crippen LogP contribution < -0.4 is 4.74 Å². The number of hydrogen-bond acceptors (Lipinski definition) is 2. The van der Waals surface area contributed by atoms with Crippen LogP contribution in [0, 0.1) is 23.5 Å². The Balaban J connectivity index is 1.72. The van der Waals surface area contributed by atoms with Crippen molar-refractivity contribution in [3.8, 4) is 5.75 Å². The predicted octanol–water partition coefficient (Wildman–Crippen LogP) is 5.01. The Morgan fingerprint density at radius 3 is 2.35 bits per heavy atom. The second-order valence-corrected chi connectivity index (χ2v) is 6.47. The highest BCUT2D eigenvalue weighted by Gasteiger charge is 2.31. The van der Waals surface area contributed by atoms with E-state index in [-0.39, 0.29) is 18.3 Å². The average Bonchev–Trinajstić information content (AvgIpc) is 2.60. The molecule has 0 bridgehead atoms. The fraction of sp³-hybridized carbons (Fsp3) is 0.632. The summed E-state index contributed by atoms with van der Waals surface area (Å²) >= 11 is 0. The monoisotopic (exact) mass is 326 g/mol. The zero-order valence-corrected chi connectivity index (χ0v) is 13.2. The largest absolute Gasteiger partial charge is 0.491 e. The summed E-state index contributed by atoms with van der Waals surface area (Å²) in [7, 11) is 1.22. The molecule has 1 atom stereocenters. The third-order valence-electron chi connectivity index (χ3n) is 5.12. The van der Waals surface area contributed by atoms with Crippen molar-refractivity contribution in [2.45, 2.75) is 57.2 Å². The first-order chi connectivity index (χ1) is 12.6. The van der Waals surface area contributed by atoms with Crippen LogP contribution in [0.2, 0.25) is 0 Å². The number of rotatable bonds is 3. The third-order valence-corrected chi connectivity index (χ3v) is 5.12. The molecule has 2 saturated carbocycles. The van der Waals surface area contributed by atoms with E-state index in [0.717, 1.165) is 0 Å². The van der Waals surface area contributed by atoms with Gasteiger partial charge in [-0.15, -0.1) is 0 Å². The van der Waals surface area contributed by atoms with Crippen LogP contribution in [0.25, 0.3) is 0 Å². The van der Waals surface area contributed by atoms with Crippen LogP contribution in [0.5, 0.6) is 5.75 Å². The van der Waals surface area contributed by atoms with Crippen LogP contribution in [-0.4, -0.2) is 12.9 Å². The van der Waals surface area contributed by atoms with Crippen LogP contribution in [0.4, 0.5) is 8.78 Å². The summed E-state index contributed by atoms with van der Waals surface area (Å²) in [6.45, 7) is 0. The van der Waals surface area contributed by atoms with Gasteiger partial charge in [0, 0.05) is 18.3 Å². The van der Waals surface area contributed by atoms with Crippen molar-refractivity contribution in [3.63, 3.8) is 0 Å². The molecule has 0 radical (unpaired) electrons. The lowest BCUT2D eigenvalue weighted by Crippen LogP contribution is -2.25. The quantitative estimate of drug-likeness (QED) is 0.781. The number of benzene rings is 1. The number of ketones is 1. The molecule has 2 aliphatic carbocycles. The highest BCUT2D eigenvalue weighted by atomic mass is 19.1. The van der Waals surface area contributed by atoms with Gasteiger partial charge in [0.1, 0.15) is 5.78 Å². The fourth-order valence-corrected chi connectivity index (χ4v) is 3.81. The zero-order valence-electron chi connectivity index (χ0n) is 17.2. The number of halogens is 2. The Morgan fingerprint density at radius 2 is 1.74 bits per heavy atom. The van der Waals surface area contributed by atoms with Crippen LogP contribution in [-0.2, 0) is 4.79 Å². The van der Waals surface area contributed by atoms with Crippen molar-refractivity contribution in [1.82, 2.24) is 0 Å². The molecule has 0 aliphatic heterocycles. The highest BCUT2D eigenvalue weighted by molar-refractivity contribution is 5.79. The van der Waals surface area contributed by atoms with E-state index in [1.807, 2.05) is 0 Å². The van der Waals surface area contributed by atoms with E-state index in [2.05, 4.69) is 0 Å². The smallest absolute Gasteiger partial charge is 0.190 e. The van der Waals surface area contributed by atoms with Crippen LogP contribution in [0.3, 0.4) is 0 Å². The summed E-state index contributed by atoms with van der Waals surface area (Å²) in [4.78, 5) is 11.8. The molecule has 0 N–H and O–H groups in total. The Labute approximate surface area is 141 Å². The van der Waals surface area contributed by atoms with E-state index in [0.29, 0.717) is 37.7 Å². The summed E-state index contributed by atoms with van der Waals surface area (Å²) in [6, 6.07) is 2.59. The van der Waals surface area contributed by atoms with E-state index in [1.54, 1.807) is 0 Å². The molecule has 0 spiro atoms. The molecule has 0 amide bonds. The SMILES string of the molecule is [2H]C1([2H])C(=O)CCC(C2CCC(c3cc(F)c(OC)c(F)c3)CC2)C1([2H])[2H]. The number of hydrogen-bond donors (Lipinski definition) is 0. The van der Waals surface area contributed by atoms with Gasteiger partial charge in [0.2, 0.25) is 0 Å². The molecule has 3 rings (SSSR count). The molecule has 1 aromatic rings. The Bertz CT molecular complexity index is 707. The normalized spacial score (nSPS) is 35.6. The minimum absolute atomic E-state index is 0.0241. The van der Waals surface area contributed by atoms with Crippen molar-refractivity contribution in [2.75, 3.05) is 7.11 Å². The van der Waals surface area contributed by atoms with E-state index in [9.17, 15) is 13.6 Å². The lowest BCUT2D eigenvalue weighted by molar-refractivity contribution is -0.121. The van der Waals surface area contributed by atoms with Gasteiger partial charge in [-0.25, -0.2) is 8.78 Å². The van der Waals surface area contributed by atoms with Crippen molar-refractivity contribution < 1.29 is 23.8 Å². The molecule has 0 heterocycles. The molecule has 2 aliphatic rings. The summed E-state index contributed by atoms with van der Waals surface area (Å²) < 4.78 is 64.9. The molecule has 0 aromatic heterocycles. The first-order valence-corrected chi connectivity index (χ1v) is 8.15. The number of carbonyl (C=O) groups is 1. The van der Waals surface area contributed by atoms with Crippen LogP contribution in [0.15, 0.2) is 12.1 Å². The third kappa shape index (κ3) is 3.56. The van der Waals surface area contributed by atoms with Crippen LogP contribution >= 0.6 is 0 Å². The number of methoxy groups -OCH3 is 1. The van der Waals surface area contributed by atoms with Gasteiger partial charge in [-0.2, -0.15) is 0 Å². The molecule has 2 nitrogen and oxygen atoms in total. The van der Waals surface area contributed by atoms with Gasteiger partial charge >= 0.3 is 0 Å². The van der Waals surface area contributed by atoms with Gasteiger partial charge in [-0.05, 0) is 73.9 Å². The van der Waals surface area contributed by atoms with E-state index in [1.165, 1.54) is 19.2 Å². The first kappa shape index (κ1) is 12.0. The Morgan fingerprint density at radius 1 is 1.09 bits per heavy atom. The number of Topliss-reactive ketones (excluding diaryl/α,β-unsaturated/α-hetero) is 1. The maximum atomic E-state index is 14.0. The standard InChI is InChI=1S/C19H24F2O2/c1-23-19-17(20)10-15(11-18(19)21)14-4-2-12(3-5-14)13-6-8-16(22)9-7-13/h10-14H,2-9H2,1H3/i6D2,8D2. The van der Waals surface area contributed by atoms with Crippen molar-refractivity contribution in [2.24, 2.45) is 11.8 Å². The molecule has 1 unspecified atom stereocenters. The zero-order chi connectivity index (χ0) is 20.0. The lowest BCUT2D eigenvalue weighted by atomic mass is 9.70. The van der Waals surface area contributed by atoms with Gasteiger partial charge < -0.3 is 4.74 Å². The second-order valence-electron chi connectivity index (χ2n) is 6.47. The van der Waals surface area contributed by atoms with Gasteiger partial charge in [0.05, 0.1) is 7.11 Å². The summed E-state index contributed by atoms with van der Waals surface area (Å²) in [5.41, 5.74) is 0.571. The molecule has 2 fully saturated rings. The minimum Gasteiger partial charge on any atom is -0.491 e.